The van der Waals surface area contributed by atoms with Crippen molar-refractivity contribution in [2.24, 2.45) is 0 Å². The van der Waals surface area contributed by atoms with Crippen molar-refractivity contribution < 1.29 is 18.0 Å². The van der Waals surface area contributed by atoms with Crippen molar-refractivity contribution in [3.63, 3.8) is 0 Å². The molecule has 2 aromatic rings. The van der Waals surface area contributed by atoms with E-state index in [-0.39, 0.29) is 25.0 Å². The molecule has 35 heavy (non-hydrogen) atoms. The van der Waals surface area contributed by atoms with Crippen LogP contribution in [0.4, 0.5) is 5.69 Å². The van der Waals surface area contributed by atoms with E-state index in [0.29, 0.717) is 5.69 Å². The minimum absolute atomic E-state index is 0.123. The average Bonchev–Trinajstić information content (AvgIpc) is 3.28. The quantitative estimate of drug-likeness (QED) is 0.492. The van der Waals surface area contributed by atoms with Crippen molar-refractivity contribution >= 4 is 43.5 Å². The number of benzene rings is 2. The Kier molecular flexibility index (Phi) is 8.99. The molecule has 0 unspecified atom stereocenters. The van der Waals surface area contributed by atoms with Crippen LogP contribution in [0.5, 0.6) is 0 Å². The largest absolute Gasteiger partial charge is 0.352 e. The van der Waals surface area contributed by atoms with E-state index in [1.165, 1.54) is 4.90 Å². The molecule has 0 spiro atoms. The Balaban J connectivity index is 1.89. The Morgan fingerprint density at radius 1 is 1.06 bits per heavy atom. The number of nitrogens with one attached hydrogen (secondary N) is 1. The smallest absolute Gasteiger partial charge is 0.244 e. The maximum absolute atomic E-state index is 13.6. The van der Waals surface area contributed by atoms with Crippen LogP contribution < -0.4 is 9.62 Å². The van der Waals surface area contributed by atoms with Crippen LogP contribution in [0.2, 0.25) is 0 Å². The second kappa shape index (κ2) is 11.6. The number of hydrogen-bond acceptors (Lipinski definition) is 4. The Bertz CT molecular complexity index is 1140. The summed E-state index contributed by atoms with van der Waals surface area (Å²) in [4.78, 5) is 28.2. The molecule has 190 valence electrons. The third kappa shape index (κ3) is 7.54. The molecular formula is C26H34BrN3O4S. The molecule has 1 atom stereocenters. The molecule has 9 heteroatoms. The number of amides is 2. The summed E-state index contributed by atoms with van der Waals surface area (Å²) >= 11 is 3.42. The van der Waals surface area contributed by atoms with E-state index in [0.717, 1.165) is 57.4 Å². The fourth-order valence-corrected chi connectivity index (χ4v) is 5.57. The molecule has 0 radical (unpaired) electrons. The van der Waals surface area contributed by atoms with Gasteiger partial charge in [-0.2, -0.15) is 0 Å². The van der Waals surface area contributed by atoms with Crippen molar-refractivity contribution in [3.8, 4) is 0 Å². The molecule has 3 rings (SSSR count). The van der Waals surface area contributed by atoms with Gasteiger partial charge in [0.2, 0.25) is 21.8 Å². The van der Waals surface area contributed by atoms with Crippen LogP contribution in [-0.4, -0.2) is 50.0 Å². The number of aryl methyl sites for hydroxylation is 2. The number of hydrogen-bond donors (Lipinski definition) is 1. The third-order valence-corrected chi connectivity index (χ3v) is 7.98. The van der Waals surface area contributed by atoms with Crippen molar-refractivity contribution in [2.75, 3.05) is 17.1 Å². The van der Waals surface area contributed by atoms with E-state index < -0.39 is 22.0 Å². The third-order valence-electron chi connectivity index (χ3n) is 6.31. The first-order chi connectivity index (χ1) is 16.4. The number of anilines is 1. The highest BCUT2D eigenvalue weighted by molar-refractivity contribution is 9.10. The molecule has 1 fully saturated rings. The standard InChI is InChI=1S/C26H34BrN3O4S/c1-18-13-19(2)15-24(14-18)30(35(4,33)34)17-25(31)29(16-21-9-11-22(27)12-10-21)20(3)26(32)28-23-7-5-6-8-23/h9-15,20,23H,5-8,16-17H2,1-4H3,(H,28,32)/t20-/m1/s1. The summed E-state index contributed by atoms with van der Waals surface area (Å²) in [6.45, 7) is 5.26. The fourth-order valence-electron chi connectivity index (χ4n) is 4.47. The van der Waals surface area contributed by atoms with E-state index in [4.69, 9.17) is 0 Å². The summed E-state index contributed by atoms with van der Waals surface area (Å²) in [6.07, 6.45) is 5.13. The normalized spacial score (nSPS) is 15.0. The van der Waals surface area contributed by atoms with Crippen LogP contribution >= 0.6 is 15.9 Å². The van der Waals surface area contributed by atoms with E-state index in [9.17, 15) is 18.0 Å². The zero-order chi connectivity index (χ0) is 25.8. The Morgan fingerprint density at radius 3 is 2.17 bits per heavy atom. The van der Waals surface area contributed by atoms with E-state index in [1.807, 2.05) is 44.2 Å². The van der Waals surface area contributed by atoms with Gasteiger partial charge in [0.15, 0.2) is 0 Å². The maximum Gasteiger partial charge on any atom is 0.244 e. The van der Waals surface area contributed by atoms with E-state index >= 15 is 0 Å². The first-order valence-corrected chi connectivity index (χ1v) is 14.5. The summed E-state index contributed by atoms with van der Waals surface area (Å²) in [6, 6.07) is 12.3. The number of nitrogens with zero attached hydrogens (tertiary/aromatic N) is 2. The molecule has 1 aliphatic rings. The predicted molar refractivity (Wildman–Crippen MR) is 143 cm³/mol. The van der Waals surface area contributed by atoms with Crippen LogP contribution in [0.15, 0.2) is 46.9 Å². The monoisotopic (exact) mass is 563 g/mol. The van der Waals surface area contributed by atoms with Gasteiger partial charge < -0.3 is 10.2 Å². The number of rotatable bonds is 9. The van der Waals surface area contributed by atoms with Gasteiger partial charge in [0.1, 0.15) is 12.6 Å². The molecule has 0 bridgehead atoms. The van der Waals surface area contributed by atoms with Crippen molar-refractivity contribution in [3.05, 3.63) is 63.6 Å². The highest BCUT2D eigenvalue weighted by atomic mass is 79.9. The number of halogens is 1. The van der Waals surface area contributed by atoms with Gasteiger partial charge in [-0.1, -0.05) is 47.0 Å². The first kappa shape index (κ1) is 27.2. The van der Waals surface area contributed by atoms with Gasteiger partial charge >= 0.3 is 0 Å². The molecule has 2 amide bonds. The summed E-state index contributed by atoms with van der Waals surface area (Å²) < 4.78 is 27.4. The SMILES string of the molecule is Cc1cc(C)cc(N(CC(=O)N(Cc2ccc(Br)cc2)[C@H](C)C(=O)NC2CCCC2)S(C)(=O)=O)c1. The predicted octanol–water partition coefficient (Wildman–Crippen LogP) is 4.31. The van der Waals surface area contributed by atoms with Crippen LogP contribution in [0.3, 0.4) is 0 Å². The molecule has 7 nitrogen and oxygen atoms in total. The minimum Gasteiger partial charge on any atom is -0.352 e. The summed E-state index contributed by atoms with van der Waals surface area (Å²) in [5, 5.41) is 3.07. The topological polar surface area (TPSA) is 86.8 Å². The van der Waals surface area contributed by atoms with Crippen LogP contribution in [0.1, 0.15) is 49.3 Å². The lowest BCUT2D eigenvalue weighted by molar-refractivity contribution is -0.139. The first-order valence-electron chi connectivity index (χ1n) is 11.8. The van der Waals surface area contributed by atoms with Gasteiger partial charge in [0.05, 0.1) is 11.9 Å². The zero-order valence-corrected chi connectivity index (χ0v) is 23.2. The molecule has 1 aliphatic carbocycles. The van der Waals surface area contributed by atoms with E-state index in [1.54, 1.807) is 19.1 Å². The summed E-state index contributed by atoms with van der Waals surface area (Å²) in [5.41, 5.74) is 3.08. The highest BCUT2D eigenvalue weighted by Gasteiger charge is 2.31. The Hall–Kier alpha value is -2.39. The van der Waals surface area contributed by atoms with Gasteiger partial charge in [0, 0.05) is 17.1 Å². The van der Waals surface area contributed by atoms with Crippen molar-refractivity contribution in [2.45, 2.75) is 65.1 Å². The van der Waals surface area contributed by atoms with Crippen molar-refractivity contribution in [1.82, 2.24) is 10.2 Å². The van der Waals surface area contributed by atoms with Crippen LogP contribution in [0.25, 0.3) is 0 Å². The highest BCUT2D eigenvalue weighted by Crippen LogP contribution is 2.23. The zero-order valence-electron chi connectivity index (χ0n) is 20.8. The van der Waals surface area contributed by atoms with Gasteiger partial charge in [-0.05, 0) is 74.6 Å². The van der Waals surface area contributed by atoms with Gasteiger partial charge in [-0.15, -0.1) is 0 Å². The Labute approximate surface area is 217 Å². The molecule has 0 aromatic heterocycles. The molecular weight excluding hydrogens is 530 g/mol. The maximum atomic E-state index is 13.6. The van der Waals surface area contributed by atoms with Gasteiger partial charge in [0.25, 0.3) is 0 Å². The molecule has 2 aromatic carbocycles. The Morgan fingerprint density at radius 2 is 1.63 bits per heavy atom. The molecule has 0 aliphatic heterocycles. The lowest BCUT2D eigenvalue weighted by Crippen LogP contribution is -2.52. The number of sulfonamides is 1. The lowest BCUT2D eigenvalue weighted by Gasteiger charge is -2.32. The van der Waals surface area contributed by atoms with Crippen LogP contribution in [0, 0.1) is 13.8 Å². The summed E-state index contributed by atoms with van der Waals surface area (Å²) in [7, 11) is -3.74. The second-order valence-electron chi connectivity index (χ2n) is 9.43. The number of carbonyl (C=O) groups is 2. The van der Waals surface area contributed by atoms with Gasteiger partial charge in [-0.3, -0.25) is 13.9 Å². The fraction of sp³-hybridized carbons (Fsp3) is 0.462. The lowest BCUT2D eigenvalue weighted by atomic mass is 10.1. The average molecular weight is 565 g/mol. The number of carbonyl (C=O) groups excluding carboxylic acids is 2. The second-order valence-corrected chi connectivity index (χ2v) is 12.3. The molecule has 1 saturated carbocycles. The molecule has 1 N–H and O–H groups in total. The minimum atomic E-state index is -3.74. The molecule has 0 saturated heterocycles. The van der Waals surface area contributed by atoms with E-state index in [2.05, 4.69) is 21.2 Å². The van der Waals surface area contributed by atoms with Crippen molar-refractivity contribution in [1.29, 1.82) is 0 Å². The molecule has 0 heterocycles. The van der Waals surface area contributed by atoms with Gasteiger partial charge in [-0.25, -0.2) is 8.42 Å². The summed E-state index contributed by atoms with van der Waals surface area (Å²) in [5.74, 6) is -0.661. The van der Waals surface area contributed by atoms with Crippen LogP contribution in [-0.2, 0) is 26.2 Å².